The first-order valence-corrected chi connectivity index (χ1v) is 22.6. The number of nitrogens with zero attached hydrogens (tertiary/aromatic N) is 2. The smallest absolute Gasteiger partial charge is 0.333 e. The third-order valence-corrected chi connectivity index (χ3v) is 15.6. The molecule has 2 aliphatic heterocycles. The van der Waals surface area contributed by atoms with Gasteiger partial charge in [0, 0.05) is 38.8 Å². The van der Waals surface area contributed by atoms with Crippen molar-refractivity contribution in [2.45, 2.75) is 137 Å². The van der Waals surface area contributed by atoms with Crippen molar-refractivity contribution >= 4 is 51.0 Å². The molecule has 0 spiro atoms. The van der Waals surface area contributed by atoms with E-state index in [-0.39, 0.29) is 33.9 Å². The maximum Gasteiger partial charge on any atom is 0.333 e. The molecular formula is C57H61BN2. The summed E-state index contributed by atoms with van der Waals surface area (Å²) in [6.45, 7) is 33.7. The molecule has 11 rings (SSSR count). The molecule has 0 radical (unpaired) electrons. The van der Waals surface area contributed by atoms with Crippen molar-refractivity contribution in [3.05, 3.63) is 136 Å². The normalized spacial score (nSPS) is 17.7. The molecule has 0 amide bonds. The van der Waals surface area contributed by atoms with Crippen LogP contribution in [0.25, 0.3) is 49.7 Å². The van der Waals surface area contributed by atoms with Crippen LogP contribution in [0.5, 0.6) is 0 Å². The molecule has 7 aromatic rings. The van der Waals surface area contributed by atoms with Crippen LogP contribution in [-0.4, -0.2) is 11.4 Å². The van der Waals surface area contributed by atoms with E-state index in [1.165, 1.54) is 129 Å². The molecule has 0 saturated carbocycles. The molecule has 3 heterocycles. The third kappa shape index (κ3) is 4.90. The highest BCUT2D eigenvalue weighted by Crippen LogP contribution is 2.58. The first kappa shape index (κ1) is 37.9. The highest BCUT2D eigenvalue weighted by atomic mass is 15.1. The van der Waals surface area contributed by atoms with Crippen molar-refractivity contribution in [2.75, 3.05) is 4.81 Å². The molecule has 0 bridgehead atoms. The minimum absolute atomic E-state index is 0.0202. The minimum atomic E-state index is -0.175. The average Bonchev–Trinajstić information content (AvgIpc) is 3.63. The predicted molar refractivity (Wildman–Crippen MR) is 260 cm³/mol. The largest absolute Gasteiger partial charge is 0.376 e. The van der Waals surface area contributed by atoms with Crippen molar-refractivity contribution in [3.8, 4) is 27.9 Å². The zero-order valence-electron chi connectivity index (χ0n) is 38.5. The van der Waals surface area contributed by atoms with Crippen LogP contribution in [0.1, 0.15) is 140 Å². The lowest BCUT2D eigenvalue weighted by Gasteiger charge is -2.46. The summed E-state index contributed by atoms with van der Waals surface area (Å²) in [7, 11) is 0. The zero-order valence-corrected chi connectivity index (χ0v) is 38.5. The van der Waals surface area contributed by atoms with E-state index in [4.69, 9.17) is 0 Å². The van der Waals surface area contributed by atoms with Gasteiger partial charge >= 0.3 is 6.85 Å². The summed E-state index contributed by atoms with van der Waals surface area (Å²) in [5.41, 5.74) is 26.4. The Morgan fingerprint density at radius 2 is 1.23 bits per heavy atom. The highest BCUT2D eigenvalue weighted by molar-refractivity contribution is 6.93. The molecule has 0 unspecified atom stereocenters. The fraction of sp³-hybridized carbons (Fsp3) is 0.368. The topological polar surface area (TPSA) is 8.17 Å². The highest BCUT2D eigenvalue weighted by Gasteiger charge is 2.49. The number of fused-ring (bicyclic) bond motifs is 12. The van der Waals surface area contributed by atoms with Gasteiger partial charge in [0.05, 0.1) is 11.0 Å². The van der Waals surface area contributed by atoms with Crippen molar-refractivity contribution < 1.29 is 0 Å². The van der Waals surface area contributed by atoms with Crippen molar-refractivity contribution in [3.63, 3.8) is 0 Å². The van der Waals surface area contributed by atoms with Crippen LogP contribution in [-0.2, 0) is 27.1 Å². The molecule has 6 aromatic carbocycles. The van der Waals surface area contributed by atoms with E-state index in [2.05, 4.69) is 197 Å². The molecule has 4 aliphatic rings. The van der Waals surface area contributed by atoms with Gasteiger partial charge in [0.2, 0.25) is 0 Å². The quantitative estimate of drug-likeness (QED) is 0.151. The molecular weight excluding hydrogens is 723 g/mol. The van der Waals surface area contributed by atoms with E-state index in [9.17, 15) is 0 Å². The van der Waals surface area contributed by atoms with Gasteiger partial charge in [-0.1, -0.05) is 138 Å². The van der Waals surface area contributed by atoms with Crippen LogP contribution in [0.2, 0.25) is 0 Å². The van der Waals surface area contributed by atoms with Crippen LogP contribution in [0.3, 0.4) is 0 Å². The second-order valence-electron chi connectivity index (χ2n) is 23.1. The van der Waals surface area contributed by atoms with Crippen LogP contribution in [0.4, 0.5) is 11.4 Å². The van der Waals surface area contributed by atoms with Gasteiger partial charge < -0.3 is 9.38 Å². The number of rotatable bonds is 1. The fourth-order valence-electron chi connectivity index (χ4n) is 12.1. The van der Waals surface area contributed by atoms with Crippen LogP contribution in [0.15, 0.2) is 91.0 Å². The van der Waals surface area contributed by atoms with E-state index in [0.717, 1.165) is 0 Å². The van der Waals surface area contributed by atoms with Gasteiger partial charge in [-0.25, -0.2) is 0 Å². The maximum absolute atomic E-state index is 2.83. The number of hydrogen-bond donors (Lipinski definition) is 0. The summed E-state index contributed by atoms with van der Waals surface area (Å²) in [6, 6.07) is 36.8. The molecule has 0 atom stereocenters. The Hall–Kier alpha value is -5.02. The lowest BCUT2D eigenvalue weighted by atomic mass is 9.43. The summed E-state index contributed by atoms with van der Waals surface area (Å²) < 4.78 is 2.67. The van der Waals surface area contributed by atoms with E-state index >= 15 is 0 Å². The van der Waals surface area contributed by atoms with Crippen LogP contribution >= 0.6 is 0 Å². The first-order valence-electron chi connectivity index (χ1n) is 22.6. The number of benzene rings is 6. The van der Waals surface area contributed by atoms with Gasteiger partial charge in [0.15, 0.2) is 0 Å². The lowest BCUT2D eigenvalue weighted by Crippen LogP contribution is -2.61. The van der Waals surface area contributed by atoms with Gasteiger partial charge in [-0.3, -0.25) is 0 Å². The number of hydrogen-bond acceptors (Lipinski definition) is 1. The lowest BCUT2D eigenvalue weighted by molar-refractivity contribution is 0.332. The summed E-state index contributed by atoms with van der Waals surface area (Å²) >= 11 is 0. The average molecular weight is 785 g/mol. The summed E-state index contributed by atoms with van der Waals surface area (Å²) in [4.78, 5) is 2.83. The molecule has 2 nitrogen and oxygen atoms in total. The van der Waals surface area contributed by atoms with Gasteiger partial charge in [-0.15, -0.1) is 0 Å². The van der Waals surface area contributed by atoms with E-state index in [0.29, 0.717) is 0 Å². The van der Waals surface area contributed by atoms with Crippen LogP contribution in [0, 0.1) is 13.8 Å². The number of anilines is 2. The van der Waals surface area contributed by atoms with Crippen molar-refractivity contribution in [1.29, 1.82) is 0 Å². The van der Waals surface area contributed by atoms with E-state index in [1.807, 2.05) is 0 Å². The van der Waals surface area contributed by atoms with Crippen LogP contribution < -0.4 is 15.7 Å². The standard InChI is InChI=1S/C57H61BN2/c1-32-25-40-49-46(22-20-37-36-17-15-16-18-41(36)57(13,14)50(37)49)60(47-31-43-42(27-33(47)2)55(9,10)23-24-56(43,11)12)58-44-30-35(54(6,7)8)29-39-38-28-34(53(3,4)5)19-21-45(38)59(52(39)44)48(26-32)51(40)58/h15-22,25-31H,23-24H2,1-14H3. The SMILES string of the molecule is Cc1cc2c3c(c1)-n1c4ccc(C(C)(C)C)cc4c4cc(C(C)(C)C)cc(c41)B3N(c1cc3c(cc1C)C(C)(C)CCC3(C)C)c1ccc3c(c1-2)C(C)(C)c1ccccc1-3. The molecule has 0 fully saturated rings. The molecule has 1 aromatic heterocycles. The summed E-state index contributed by atoms with van der Waals surface area (Å²) in [6.07, 6.45) is 2.39. The number of aromatic nitrogens is 1. The second-order valence-corrected chi connectivity index (χ2v) is 23.1. The maximum atomic E-state index is 2.83. The molecule has 2 aliphatic carbocycles. The monoisotopic (exact) mass is 784 g/mol. The minimum Gasteiger partial charge on any atom is -0.376 e. The number of aryl methyl sites for hydroxylation is 2. The molecule has 302 valence electrons. The Bertz CT molecular complexity index is 3060. The van der Waals surface area contributed by atoms with Gasteiger partial charge in [-0.2, -0.15) is 0 Å². The molecule has 60 heavy (non-hydrogen) atoms. The molecule has 0 saturated heterocycles. The predicted octanol–water partition coefficient (Wildman–Crippen LogP) is 13.9. The van der Waals surface area contributed by atoms with Gasteiger partial charge in [0.25, 0.3) is 0 Å². The third-order valence-electron chi connectivity index (χ3n) is 15.6. The van der Waals surface area contributed by atoms with Gasteiger partial charge in [0.1, 0.15) is 0 Å². The second kappa shape index (κ2) is 11.7. The Balaban J connectivity index is 1.34. The Morgan fingerprint density at radius 1 is 0.567 bits per heavy atom. The molecule has 3 heteroatoms. The summed E-state index contributed by atoms with van der Waals surface area (Å²) in [5, 5.41) is 2.72. The van der Waals surface area contributed by atoms with Gasteiger partial charge in [-0.05, 0) is 157 Å². The van der Waals surface area contributed by atoms with E-state index in [1.54, 1.807) is 0 Å². The Morgan fingerprint density at radius 3 is 1.93 bits per heavy atom. The summed E-state index contributed by atoms with van der Waals surface area (Å²) in [5.74, 6) is 0. The fourth-order valence-corrected chi connectivity index (χ4v) is 12.1. The van der Waals surface area contributed by atoms with Crippen molar-refractivity contribution in [2.24, 2.45) is 0 Å². The Labute approximate surface area is 359 Å². The van der Waals surface area contributed by atoms with E-state index < -0.39 is 0 Å². The molecule has 0 N–H and O–H groups in total. The van der Waals surface area contributed by atoms with Crippen molar-refractivity contribution in [1.82, 2.24) is 4.57 Å². The Kier molecular flexibility index (Phi) is 7.38. The first-order chi connectivity index (χ1) is 28.1. The zero-order chi connectivity index (χ0) is 42.4.